The van der Waals surface area contributed by atoms with E-state index in [0.717, 1.165) is 24.6 Å². The number of urea groups is 1. The van der Waals surface area contributed by atoms with Crippen molar-refractivity contribution in [3.8, 4) is 0 Å². The van der Waals surface area contributed by atoms with Crippen molar-refractivity contribution < 1.29 is 27.5 Å². The summed E-state index contributed by atoms with van der Waals surface area (Å²) in [5, 5.41) is 4.32. The number of nitrogens with one attached hydrogen (secondary N) is 2. The first-order valence-corrected chi connectivity index (χ1v) is 10.8. The second-order valence-corrected chi connectivity index (χ2v) is 8.52. The number of carbonyl (C=O) groups excluding carboxylic acids is 2. The number of hydrogen-bond donors (Lipinski definition) is 3. The second-order valence-electron chi connectivity index (χ2n) is 7.94. The number of nitrogens with zero attached hydrogens (tertiary/aromatic N) is 3. The van der Waals surface area contributed by atoms with E-state index in [-0.39, 0.29) is 24.5 Å². The first-order chi connectivity index (χ1) is 13.5. The topological polar surface area (TPSA) is 124 Å². The van der Waals surface area contributed by atoms with E-state index in [1.165, 1.54) is 24.4 Å². The molecule has 11 nitrogen and oxygen atoms in total. The van der Waals surface area contributed by atoms with Gasteiger partial charge in [0.05, 0.1) is 12.6 Å². The molecule has 3 N–H and O–H groups in total. The number of amides is 3. The minimum Gasteiger partial charge on any atom is -0.311 e. The predicted molar refractivity (Wildman–Crippen MR) is 97.7 cm³/mol. The molecule has 5 atom stereocenters. The zero-order valence-electron chi connectivity index (χ0n) is 15.6. The number of rotatable bonds is 8. The van der Waals surface area contributed by atoms with Crippen LogP contribution in [0.25, 0.3) is 0 Å². The average molecular weight is 417 g/mol. The van der Waals surface area contributed by atoms with E-state index < -0.39 is 23.4 Å². The zero-order valence-corrected chi connectivity index (χ0v) is 16.4. The van der Waals surface area contributed by atoms with Crippen LogP contribution in [0.3, 0.4) is 0 Å². The largest absolute Gasteiger partial charge is 0.346 e. The maximum absolute atomic E-state index is 12.5. The van der Waals surface area contributed by atoms with E-state index in [9.17, 15) is 13.8 Å². The Balaban J connectivity index is 1.19. The molecule has 0 saturated carbocycles. The van der Waals surface area contributed by atoms with Crippen LogP contribution in [-0.4, -0.2) is 93.0 Å². The van der Waals surface area contributed by atoms with Crippen molar-refractivity contribution in [1.29, 1.82) is 0 Å². The molecule has 0 aromatic rings. The van der Waals surface area contributed by atoms with Crippen LogP contribution in [0, 0.1) is 5.92 Å². The van der Waals surface area contributed by atoms with Crippen LogP contribution >= 0.6 is 0 Å². The smallest absolute Gasteiger partial charge is 0.311 e. The Morgan fingerprint density at radius 3 is 2.89 bits per heavy atom. The molecule has 0 spiro atoms. The molecule has 4 heterocycles. The standard InChI is InChI=1S/C16H27N5O6S/c22-15(14-3-2-13-9-20(14)16(23)21(13)27-28(24)25)18-26-10-12-6-11(7-17-12)8-19-4-1-5-19/h11-14,17H,1-10H2,(H,18,22)(H,24,25)/t11-,12+,13?,14?/m0/s1. The molecule has 0 aromatic heterocycles. The highest BCUT2D eigenvalue weighted by molar-refractivity contribution is 7.74. The minimum absolute atomic E-state index is 0.208. The van der Waals surface area contributed by atoms with Gasteiger partial charge in [-0.15, -0.1) is 4.28 Å². The highest BCUT2D eigenvalue weighted by atomic mass is 32.2. The van der Waals surface area contributed by atoms with Crippen LogP contribution in [0.1, 0.15) is 25.7 Å². The number of hydrogen-bond acceptors (Lipinski definition) is 7. The number of carbonyl (C=O) groups is 2. The Morgan fingerprint density at radius 2 is 2.18 bits per heavy atom. The van der Waals surface area contributed by atoms with Gasteiger partial charge >= 0.3 is 17.4 Å². The van der Waals surface area contributed by atoms with Gasteiger partial charge in [0, 0.05) is 19.1 Å². The monoisotopic (exact) mass is 417 g/mol. The van der Waals surface area contributed by atoms with E-state index in [1.807, 2.05) is 0 Å². The summed E-state index contributed by atoms with van der Waals surface area (Å²) in [5.74, 6) is 0.235. The fourth-order valence-electron chi connectivity index (χ4n) is 4.45. The summed E-state index contributed by atoms with van der Waals surface area (Å²) in [5.41, 5.74) is 2.46. The van der Waals surface area contributed by atoms with Crippen LogP contribution in [0.15, 0.2) is 0 Å². The maximum atomic E-state index is 12.5. The molecule has 0 aromatic carbocycles. The molecule has 4 fully saturated rings. The van der Waals surface area contributed by atoms with Crippen molar-refractivity contribution in [2.75, 3.05) is 39.3 Å². The maximum Gasteiger partial charge on any atom is 0.346 e. The summed E-state index contributed by atoms with van der Waals surface area (Å²) in [6.45, 7) is 5.14. The Morgan fingerprint density at radius 1 is 1.36 bits per heavy atom. The van der Waals surface area contributed by atoms with Crippen molar-refractivity contribution in [3.63, 3.8) is 0 Å². The van der Waals surface area contributed by atoms with Gasteiger partial charge < -0.3 is 15.1 Å². The third-order valence-electron chi connectivity index (χ3n) is 6.00. The number of piperidine rings is 1. The van der Waals surface area contributed by atoms with Gasteiger partial charge in [-0.05, 0) is 51.2 Å². The molecule has 4 rings (SSSR count). The Labute approximate surface area is 166 Å². The van der Waals surface area contributed by atoms with Crippen LogP contribution in [0.5, 0.6) is 0 Å². The fourth-order valence-corrected chi connectivity index (χ4v) is 4.77. The zero-order chi connectivity index (χ0) is 19.7. The van der Waals surface area contributed by atoms with E-state index >= 15 is 0 Å². The van der Waals surface area contributed by atoms with Gasteiger partial charge in [-0.1, -0.05) is 0 Å². The van der Waals surface area contributed by atoms with Gasteiger partial charge in [0.1, 0.15) is 6.04 Å². The highest BCUT2D eigenvalue weighted by Crippen LogP contribution is 2.30. The summed E-state index contributed by atoms with van der Waals surface area (Å²) in [7, 11) is 0. The lowest BCUT2D eigenvalue weighted by Crippen LogP contribution is -2.50. The average Bonchev–Trinajstić information content (AvgIpc) is 3.17. The van der Waals surface area contributed by atoms with E-state index in [2.05, 4.69) is 20.0 Å². The molecule has 0 radical (unpaired) electrons. The molecule has 4 aliphatic heterocycles. The van der Waals surface area contributed by atoms with E-state index in [0.29, 0.717) is 25.4 Å². The molecule has 0 aliphatic carbocycles. The molecule has 4 aliphatic rings. The Kier molecular flexibility index (Phi) is 6.13. The van der Waals surface area contributed by atoms with Gasteiger partial charge in [-0.2, -0.15) is 9.27 Å². The summed E-state index contributed by atoms with van der Waals surface area (Å²) in [6, 6.07) is -1.35. The summed E-state index contributed by atoms with van der Waals surface area (Å²) >= 11 is -2.57. The molecular formula is C16H27N5O6S. The molecule has 28 heavy (non-hydrogen) atoms. The lowest BCUT2D eigenvalue weighted by atomic mass is 10.0. The van der Waals surface area contributed by atoms with Crippen molar-refractivity contribution in [2.24, 2.45) is 5.92 Å². The number of fused-ring (bicyclic) bond motifs is 2. The summed E-state index contributed by atoms with van der Waals surface area (Å²) in [4.78, 5) is 34.0. The van der Waals surface area contributed by atoms with Crippen LogP contribution < -0.4 is 10.8 Å². The third kappa shape index (κ3) is 4.31. The first-order valence-electron chi connectivity index (χ1n) is 9.77. The van der Waals surface area contributed by atoms with Gasteiger partial charge in [0.15, 0.2) is 0 Å². The minimum atomic E-state index is -2.57. The fraction of sp³-hybridized carbons (Fsp3) is 0.875. The van der Waals surface area contributed by atoms with Crippen molar-refractivity contribution in [2.45, 2.75) is 43.8 Å². The van der Waals surface area contributed by atoms with Gasteiger partial charge in [0.2, 0.25) is 0 Å². The summed E-state index contributed by atoms with van der Waals surface area (Å²) in [6.07, 6.45) is 3.28. The SMILES string of the molecule is O=C(NOC[C@H]1C[C@H](CN2CCC2)CN1)C1CCC2CN1C(=O)N2OS(=O)O. The predicted octanol–water partition coefficient (Wildman–Crippen LogP) is -0.945. The second kappa shape index (κ2) is 8.59. The Bertz CT molecular complexity index is 635. The number of hydroxylamine groups is 3. The molecule has 4 saturated heterocycles. The quantitative estimate of drug-likeness (QED) is 0.341. The third-order valence-corrected chi connectivity index (χ3v) is 6.29. The molecule has 12 heteroatoms. The molecule has 2 bridgehead atoms. The van der Waals surface area contributed by atoms with Crippen molar-refractivity contribution in [1.82, 2.24) is 25.7 Å². The van der Waals surface area contributed by atoms with Gasteiger partial charge in [-0.3, -0.25) is 14.2 Å². The molecular weight excluding hydrogens is 390 g/mol. The van der Waals surface area contributed by atoms with Crippen molar-refractivity contribution >= 4 is 23.3 Å². The summed E-state index contributed by atoms with van der Waals surface area (Å²) < 4.78 is 24.4. The lowest BCUT2D eigenvalue weighted by Gasteiger charge is -2.32. The van der Waals surface area contributed by atoms with Crippen molar-refractivity contribution in [3.05, 3.63) is 0 Å². The van der Waals surface area contributed by atoms with Gasteiger partial charge in [-0.25, -0.2) is 10.3 Å². The normalized spacial score (nSPS) is 33.8. The number of likely N-dealkylation sites (tertiary alicyclic amines) is 1. The molecule has 3 amide bonds. The first kappa shape index (κ1) is 20.0. The molecule has 158 valence electrons. The van der Waals surface area contributed by atoms with Crippen LogP contribution in [0.2, 0.25) is 0 Å². The molecule has 3 unspecified atom stereocenters. The Hall–Kier alpha value is -1.31. The van der Waals surface area contributed by atoms with Crippen LogP contribution in [-0.2, 0) is 25.3 Å². The lowest BCUT2D eigenvalue weighted by molar-refractivity contribution is -0.139. The highest BCUT2D eigenvalue weighted by Gasteiger charge is 2.48. The van der Waals surface area contributed by atoms with E-state index in [4.69, 9.17) is 9.39 Å². The van der Waals surface area contributed by atoms with Crippen LogP contribution in [0.4, 0.5) is 4.79 Å². The van der Waals surface area contributed by atoms with Gasteiger partial charge in [0.25, 0.3) is 5.91 Å². The van der Waals surface area contributed by atoms with E-state index in [1.54, 1.807) is 0 Å².